The van der Waals surface area contributed by atoms with Crippen LogP contribution in [0.4, 0.5) is 0 Å². The van der Waals surface area contributed by atoms with Gasteiger partial charge in [0, 0.05) is 6.07 Å². The highest BCUT2D eigenvalue weighted by Crippen LogP contribution is 2.27. The van der Waals surface area contributed by atoms with Crippen molar-refractivity contribution in [1.29, 1.82) is 0 Å². The summed E-state index contributed by atoms with van der Waals surface area (Å²) in [6.07, 6.45) is 0. The molecule has 1 heterocycles. The van der Waals surface area contributed by atoms with E-state index >= 15 is 0 Å². The Kier molecular flexibility index (Phi) is 3.14. The summed E-state index contributed by atoms with van der Waals surface area (Å²) in [5.74, 6) is 1.18. The molecule has 0 saturated heterocycles. The highest BCUT2D eigenvalue weighted by Gasteiger charge is 2.14. The van der Waals surface area contributed by atoms with E-state index in [1.165, 1.54) is 18.2 Å². The van der Waals surface area contributed by atoms with Crippen molar-refractivity contribution >= 4 is 11.0 Å². The molecule has 4 nitrogen and oxygen atoms in total. The van der Waals surface area contributed by atoms with Crippen molar-refractivity contribution in [2.75, 3.05) is 0 Å². The van der Waals surface area contributed by atoms with Gasteiger partial charge in [0.1, 0.15) is 22.8 Å². The second kappa shape index (κ2) is 4.98. The van der Waals surface area contributed by atoms with E-state index in [0.29, 0.717) is 22.5 Å². The third-order valence-corrected chi connectivity index (χ3v) is 3.21. The Balaban J connectivity index is 2.15. The quantitative estimate of drug-likeness (QED) is 0.774. The molecule has 0 aliphatic rings. The van der Waals surface area contributed by atoms with Crippen LogP contribution in [0.5, 0.6) is 17.2 Å². The summed E-state index contributed by atoms with van der Waals surface area (Å²) >= 11 is 0. The van der Waals surface area contributed by atoms with Gasteiger partial charge in [0.15, 0.2) is 0 Å². The van der Waals surface area contributed by atoms with Gasteiger partial charge >= 0.3 is 0 Å². The second-order valence-corrected chi connectivity index (χ2v) is 4.92. The van der Waals surface area contributed by atoms with Crippen molar-refractivity contribution in [3.05, 3.63) is 64.0 Å². The number of aryl methyl sites for hydroxylation is 2. The molecule has 0 aliphatic heterocycles. The molecule has 0 saturated carbocycles. The number of phenols is 1. The maximum Gasteiger partial charge on any atom is 0.235 e. The minimum atomic E-state index is -0.254. The fraction of sp³-hybridized carbons (Fsp3) is 0.118. The van der Waals surface area contributed by atoms with Gasteiger partial charge in [-0.1, -0.05) is 12.1 Å². The Morgan fingerprint density at radius 2 is 1.90 bits per heavy atom. The minimum Gasteiger partial charge on any atom is -0.508 e. The highest BCUT2D eigenvalue weighted by atomic mass is 16.5. The molecule has 1 N–H and O–H groups in total. The van der Waals surface area contributed by atoms with Crippen molar-refractivity contribution in [2.45, 2.75) is 13.8 Å². The predicted octanol–water partition coefficient (Wildman–Crippen LogP) is 3.91. The lowest BCUT2D eigenvalue weighted by Crippen LogP contribution is -2.07. The Bertz CT molecular complexity index is 878. The van der Waals surface area contributed by atoms with Gasteiger partial charge in [-0.05, 0) is 43.7 Å². The summed E-state index contributed by atoms with van der Waals surface area (Å²) in [5.41, 5.74) is 1.13. The van der Waals surface area contributed by atoms with E-state index in [1.54, 1.807) is 13.0 Å². The van der Waals surface area contributed by atoms with Crippen LogP contribution in [0.25, 0.3) is 11.0 Å². The molecule has 0 fully saturated rings. The minimum absolute atomic E-state index is 0.0532. The predicted molar refractivity (Wildman–Crippen MR) is 80.1 cm³/mol. The molecule has 0 aliphatic carbocycles. The van der Waals surface area contributed by atoms with Crippen molar-refractivity contribution < 1.29 is 14.3 Å². The molecule has 3 aromatic rings. The monoisotopic (exact) mass is 282 g/mol. The molecule has 2 aromatic carbocycles. The first-order valence-corrected chi connectivity index (χ1v) is 6.55. The summed E-state index contributed by atoms with van der Waals surface area (Å²) in [6.45, 7) is 3.61. The van der Waals surface area contributed by atoms with E-state index in [9.17, 15) is 9.90 Å². The number of aromatic hydroxyl groups is 1. The number of benzene rings is 2. The van der Waals surface area contributed by atoms with Crippen molar-refractivity contribution in [3.63, 3.8) is 0 Å². The van der Waals surface area contributed by atoms with E-state index in [0.717, 1.165) is 5.56 Å². The van der Waals surface area contributed by atoms with Crippen LogP contribution in [0.1, 0.15) is 11.3 Å². The Labute approximate surface area is 121 Å². The van der Waals surface area contributed by atoms with Gasteiger partial charge in [0.05, 0.1) is 5.39 Å². The number of hydrogen-bond donors (Lipinski definition) is 1. The van der Waals surface area contributed by atoms with Crippen molar-refractivity contribution in [1.82, 2.24) is 0 Å². The van der Waals surface area contributed by atoms with Gasteiger partial charge in [-0.25, -0.2) is 0 Å². The SMILES string of the molecule is Cc1cccc(Oc2c(C)oc3cc(O)ccc3c2=O)c1. The van der Waals surface area contributed by atoms with Gasteiger partial charge in [-0.15, -0.1) is 0 Å². The summed E-state index contributed by atoms with van der Waals surface area (Å²) in [5, 5.41) is 9.83. The summed E-state index contributed by atoms with van der Waals surface area (Å²) in [6, 6.07) is 11.8. The number of rotatable bonds is 2. The molecule has 0 unspecified atom stereocenters. The Morgan fingerprint density at radius 1 is 1.10 bits per heavy atom. The normalized spacial score (nSPS) is 10.8. The average Bonchev–Trinajstić information content (AvgIpc) is 2.43. The molecule has 0 radical (unpaired) electrons. The average molecular weight is 282 g/mol. The van der Waals surface area contributed by atoms with Crippen molar-refractivity contribution in [3.8, 4) is 17.2 Å². The first-order valence-electron chi connectivity index (χ1n) is 6.55. The van der Waals surface area contributed by atoms with Crippen LogP contribution in [0.3, 0.4) is 0 Å². The van der Waals surface area contributed by atoms with Gasteiger partial charge in [0.25, 0.3) is 0 Å². The van der Waals surface area contributed by atoms with E-state index in [4.69, 9.17) is 9.15 Å². The molecule has 0 bridgehead atoms. The lowest BCUT2D eigenvalue weighted by atomic mass is 10.2. The smallest absolute Gasteiger partial charge is 0.235 e. The third kappa shape index (κ3) is 2.48. The number of phenolic OH excluding ortho intramolecular Hbond substituents is 1. The number of hydrogen-bond acceptors (Lipinski definition) is 4. The first-order chi connectivity index (χ1) is 10.0. The fourth-order valence-corrected chi connectivity index (χ4v) is 2.19. The van der Waals surface area contributed by atoms with Crippen molar-refractivity contribution in [2.24, 2.45) is 0 Å². The molecule has 1 aromatic heterocycles. The summed E-state index contributed by atoms with van der Waals surface area (Å²) in [4.78, 5) is 12.5. The Morgan fingerprint density at radius 3 is 2.67 bits per heavy atom. The molecular weight excluding hydrogens is 268 g/mol. The fourth-order valence-electron chi connectivity index (χ4n) is 2.19. The van der Waals surface area contributed by atoms with Crippen LogP contribution in [-0.4, -0.2) is 5.11 Å². The molecule has 0 spiro atoms. The topological polar surface area (TPSA) is 59.7 Å². The number of fused-ring (bicyclic) bond motifs is 1. The largest absolute Gasteiger partial charge is 0.508 e. The van der Waals surface area contributed by atoms with Gasteiger partial charge in [0.2, 0.25) is 11.2 Å². The summed E-state index contributed by atoms with van der Waals surface area (Å²) in [7, 11) is 0. The lowest BCUT2D eigenvalue weighted by Gasteiger charge is -2.09. The zero-order valence-corrected chi connectivity index (χ0v) is 11.7. The molecule has 0 amide bonds. The highest BCUT2D eigenvalue weighted by molar-refractivity contribution is 5.79. The first kappa shape index (κ1) is 13.2. The summed E-state index contributed by atoms with van der Waals surface area (Å²) < 4.78 is 11.3. The maximum atomic E-state index is 12.5. The van der Waals surface area contributed by atoms with Crippen LogP contribution >= 0.6 is 0 Å². The van der Waals surface area contributed by atoms with Gasteiger partial charge in [-0.3, -0.25) is 4.79 Å². The second-order valence-electron chi connectivity index (χ2n) is 4.92. The van der Waals surface area contributed by atoms with Crippen LogP contribution in [-0.2, 0) is 0 Å². The van der Waals surface area contributed by atoms with E-state index in [1.807, 2.05) is 25.1 Å². The van der Waals surface area contributed by atoms with Crippen LogP contribution in [0.15, 0.2) is 51.7 Å². The maximum absolute atomic E-state index is 12.5. The van der Waals surface area contributed by atoms with Crippen LogP contribution < -0.4 is 10.2 Å². The van der Waals surface area contributed by atoms with Crippen LogP contribution in [0, 0.1) is 13.8 Å². The standard InChI is InChI=1S/C17H14O4/c1-10-4-3-5-13(8-10)21-17-11(2)20-15-9-12(18)6-7-14(15)16(17)19/h3-9,18H,1-2H3. The zero-order chi connectivity index (χ0) is 15.0. The van der Waals surface area contributed by atoms with Gasteiger partial charge in [-0.2, -0.15) is 0 Å². The zero-order valence-electron chi connectivity index (χ0n) is 11.7. The molecule has 0 atom stereocenters. The van der Waals surface area contributed by atoms with E-state index < -0.39 is 0 Å². The molecule has 3 rings (SSSR count). The lowest BCUT2D eigenvalue weighted by molar-refractivity contribution is 0.434. The van der Waals surface area contributed by atoms with Crippen LogP contribution in [0.2, 0.25) is 0 Å². The van der Waals surface area contributed by atoms with Gasteiger partial charge < -0.3 is 14.3 Å². The molecule has 4 heteroatoms. The molecular formula is C17H14O4. The number of ether oxygens (including phenoxy) is 1. The molecule has 21 heavy (non-hydrogen) atoms. The third-order valence-electron chi connectivity index (χ3n) is 3.21. The Hall–Kier alpha value is -2.75. The van der Waals surface area contributed by atoms with E-state index in [-0.39, 0.29) is 16.9 Å². The molecule has 106 valence electrons. The van der Waals surface area contributed by atoms with E-state index in [2.05, 4.69) is 0 Å².